The van der Waals surface area contributed by atoms with Crippen molar-refractivity contribution in [2.45, 2.75) is 380 Å². The van der Waals surface area contributed by atoms with Crippen molar-refractivity contribution < 1.29 is 24.2 Å². The van der Waals surface area contributed by atoms with Gasteiger partial charge in [0.1, 0.15) is 6.61 Å². The van der Waals surface area contributed by atoms with Crippen molar-refractivity contribution in [3.63, 3.8) is 0 Å². The first-order chi connectivity index (χ1) is 39.6. The Hall–Kier alpha value is -2.66. The smallest absolute Gasteiger partial charge is 0.306 e. The van der Waals surface area contributed by atoms with Gasteiger partial charge in [-0.2, -0.15) is 0 Å². The molecule has 0 aromatic rings. The molecule has 80 heavy (non-hydrogen) atoms. The average molecular weight is 1120 g/mol. The van der Waals surface area contributed by atoms with Crippen molar-refractivity contribution in [1.82, 2.24) is 0 Å². The van der Waals surface area contributed by atoms with Crippen LogP contribution in [0.3, 0.4) is 0 Å². The van der Waals surface area contributed by atoms with Gasteiger partial charge in [-0.05, 0) is 89.9 Å². The molecular weight excluding hydrogens is 981 g/mol. The Balaban J connectivity index is 3.41. The molecule has 0 bridgehead atoms. The number of hydrogen-bond acceptors (Lipinski definition) is 5. The minimum Gasteiger partial charge on any atom is -0.462 e. The molecule has 0 fully saturated rings. The third-order valence-electron chi connectivity index (χ3n) is 16.0. The highest BCUT2D eigenvalue weighted by Gasteiger charge is 2.16. The Morgan fingerprint density at radius 1 is 0.287 bits per heavy atom. The highest BCUT2D eigenvalue weighted by Crippen LogP contribution is 2.18. The van der Waals surface area contributed by atoms with Crippen LogP contribution in [0.5, 0.6) is 0 Å². The number of unbranched alkanes of at least 4 members (excludes halogenated alkanes) is 46. The molecule has 0 radical (unpaired) electrons. The summed E-state index contributed by atoms with van der Waals surface area (Å²) in [6, 6.07) is 0. The first-order valence-electron chi connectivity index (χ1n) is 35.5. The molecule has 0 rings (SSSR count). The van der Waals surface area contributed by atoms with Crippen LogP contribution in [0.1, 0.15) is 373 Å². The number of hydrogen-bond donors (Lipinski definition) is 1. The summed E-state index contributed by atoms with van der Waals surface area (Å²) in [5.74, 6) is -0.579. The molecule has 0 aromatic heterocycles. The van der Waals surface area contributed by atoms with E-state index in [0.29, 0.717) is 12.8 Å². The van der Waals surface area contributed by atoms with Crippen LogP contribution in [-0.4, -0.2) is 36.4 Å². The molecule has 0 aromatic carbocycles. The molecular formula is C75H136O5. The molecule has 5 heteroatoms. The van der Waals surface area contributed by atoms with E-state index in [1.165, 1.54) is 283 Å². The van der Waals surface area contributed by atoms with Crippen LogP contribution in [0.25, 0.3) is 0 Å². The monoisotopic (exact) mass is 1120 g/mol. The lowest BCUT2D eigenvalue weighted by atomic mass is 10.0. The maximum Gasteiger partial charge on any atom is 0.306 e. The van der Waals surface area contributed by atoms with E-state index >= 15 is 0 Å². The van der Waals surface area contributed by atoms with E-state index in [1.54, 1.807) is 0 Å². The topological polar surface area (TPSA) is 72.8 Å². The van der Waals surface area contributed by atoms with Crippen molar-refractivity contribution >= 4 is 11.9 Å². The summed E-state index contributed by atoms with van der Waals surface area (Å²) in [4.78, 5) is 24.6. The lowest BCUT2D eigenvalue weighted by molar-refractivity contribution is -0.161. The minimum atomic E-state index is -0.776. The number of ether oxygens (including phenoxy) is 2. The lowest BCUT2D eigenvalue weighted by Gasteiger charge is -2.15. The second kappa shape index (κ2) is 70.6. The summed E-state index contributed by atoms with van der Waals surface area (Å²) in [5, 5.41) is 9.70. The van der Waals surface area contributed by atoms with Gasteiger partial charge in [-0.3, -0.25) is 9.59 Å². The van der Waals surface area contributed by atoms with Crippen LogP contribution in [-0.2, 0) is 19.1 Å². The third-order valence-corrected chi connectivity index (χ3v) is 16.0. The van der Waals surface area contributed by atoms with Gasteiger partial charge >= 0.3 is 11.9 Å². The highest BCUT2D eigenvalue weighted by atomic mass is 16.6. The second-order valence-electron chi connectivity index (χ2n) is 24.0. The Morgan fingerprint density at radius 3 is 0.750 bits per heavy atom. The van der Waals surface area contributed by atoms with Gasteiger partial charge in [0.25, 0.3) is 0 Å². The number of carbonyl (C=O) groups is 2. The third kappa shape index (κ3) is 67.8. The van der Waals surface area contributed by atoms with Crippen LogP contribution in [0.15, 0.2) is 72.9 Å². The van der Waals surface area contributed by atoms with E-state index < -0.39 is 6.10 Å². The average Bonchev–Trinajstić information content (AvgIpc) is 3.46. The fourth-order valence-electron chi connectivity index (χ4n) is 10.6. The fourth-order valence-corrected chi connectivity index (χ4v) is 10.6. The van der Waals surface area contributed by atoms with Crippen LogP contribution in [0.4, 0.5) is 0 Å². The van der Waals surface area contributed by atoms with E-state index in [9.17, 15) is 14.7 Å². The maximum atomic E-state index is 12.4. The van der Waals surface area contributed by atoms with Crippen molar-refractivity contribution in [1.29, 1.82) is 0 Å². The zero-order chi connectivity index (χ0) is 57.6. The molecule has 5 nitrogen and oxygen atoms in total. The normalized spacial score (nSPS) is 12.6. The number of aliphatic hydroxyl groups excluding tert-OH is 1. The van der Waals surface area contributed by atoms with Gasteiger partial charge < -0.3 is 14.6 Å². The van der Waals surface area contributed by atoms with E-state index in [0.717, 1.165) is 64.2 Å². The molecule has 1 atom stereocenters. The standard InChI is InChI=1S/C75H136O5/c1-3-5-7-9-11-13-15-17-19-21-23-25-27-29-30-31-32-33-34-35-36-37-38-39-40-41-42-43-44-46-48-50-52-54-56-58-60-62-64-66-68-70-75(78)80-73(71-76)72-79-74(77)69-67-65-63-61-59-57-55-53-51-49-47-45-28-26-24-22-20-18-16-14-12-10-8-6-4-2/h15-18,21-24,27-29,45,73,76H,3-14,19-20,25-26,30-44,46-72H2,1-2H3/b17-15-,18-16-,23-21-,24-22-,29-27-,45-28-. The zero-order valence-electron chi connectivity index (χ0n) is 53.6. The quantitative estimate of drug-likeness (QED) is 0.0373. The SMILES string of the molecule is CCCCCCC/C=C\C/C=C\C/C=C\CCCCCCCCCCCCCCCCCCCCCCCCCCCCC(=O)OC(CO)COC(=O)CCCCCCCCCCCC/C=C\C/C=C\C/C=C\CCCCCCC. The van der Waals surface area contributed by atoms with Crippen molar-refractivity contribution in [2.75, 3.05) is 13.2 Å². The molecule has 0 amide bonds. The van der Waals surface area contributed by atoms with Gasteiger partial charge in [-0.15, -0.1) is 0 Å². The minimum absolute atomic E-state index is 0.0659. The Labute approximate surface area is 499 Å². The maximum absolute atomic E-state index is 12.4. The zero-order valence-corrected chi connectivity index (χ0v) is 53.6. The summed E-state index contributed by atoms with van der Waals surface area (Å²) < 4.78 is 10.8. The van der Waals surface area contributed by atoms with Gasteiger partial charge in [0, 0.05) is 12.8 Å². The Kier molecular flexibility index (Phi) is 68.3. The molecule has 1 unspecified atom stereocenters. The van der Waals surface area contributed by atoms with E-state index in [1.807, 2.05) is 0 Å². The molecule has 0 spiro atoms. The summed E-state index contributed by atoms with van der Waals surface area (Å²) >= 11 is 0. The first-order valence-corrected chi connectivity index (χ1v) is 35.5. The number of rotatable bonds is 66. The van der Waals surface area contributed by atoms with Gasteiger partial charge in [0.05, 0.1) is 6.61 Å². The van der Waals surface area contributed by atoms with Crippen LogP contribution >= 0.6 is 0 Å². The number of aliphatic hydroxyl groups is 1. The Morgan fingerprint density at radius 2 is 0.500 bits per heavy atom. The van der Waals surface area contributed by atoms with Crippen LogP contribution in [0, 0.1) is 0 Å². The lowest BCUT2D eigenvalue weighted by Crippen LogP contribution is -2.28. The van der Waals surface area contributed by atoms with Crippen LogP contribution in [0.2, 0.25) is 0 Å². The predicted molar refractivity (Wildman–Crippen MR) is 353 cm³/mol. The molecule has 1 N–H and O–H groups in total. The van der Waals surface area contributed by atoms with Crippen molar-refractivity contribution in [3.8, 4) is 0 Å². The van der Waals surface area contributed by atoms with Gasteiger partial charge in [0.2, 0.25) is 0 Å². The molecule has 0 aliphatic carbocycles. The second-order valence-corrected chi connectivity index (χ2v) is 24.0. The van der Waals surface area contributed by atoms with Crippen molar-refractivity contribution in [2.24, 2.45) is 0 Å². The number of allylic oxidation sites excluding steroid dienone is 12. The summed E-state index contributed by atoms with van der Waals surface area (Å²) in [6.07, 6.45) is 98.0. The van der Waals surface area contributed by atoms with Crippen molar-refractivity contribution in [3.05, 3.63) is 72.9 Å². The molecule has 0 heterocycles. The van der Waals surface area contributed by atoms with E-state index in [-0.39, 0.29) is 25.2 Å². The molecule has 0 aliphatic rings. The predicted octanol–water partition coefficient (Wildman–Crippen LogP) is 24.7. The molecule has 466 valence electrons. The van der Waals surface area contributed by atoms with Crippen LogP contribution < -0.4 is 0 Å². The van der Waals surface area contributed by atoms with Gasteiger partial charge in [-0.1, -0.05) is 344 Å². The number of esters is 2. The van der Waals surface area contributed by atoms with E-state index in [4.69, 9.17) is 9.47 Å². The van der Waals surface area contributed by atoms with Gasteiger partial charge in [-0.25, -0.2) is 0 Å². The summed E-state index contributed by atoms with van der Waals surface area (Å²) in [7, 11) is 0. The van der Waals surface area contributed by atoms with Gasteiger partial charge in [0.15, 0.2) is 6.10 Å². The number of carbonyl (C=O) groups excluding carboxylic acids is 2. The molecule has 0 saturated heterocycles. The molecule has 0 aliphatic heterocycles. The largest absolute Gasteiger partial charge is 0.462 e. The highest BCUT2D eigenvalue weighted by molar-refractivity contribution is 5.70. The summed E-state index contributed by atoms with van der Waals surface area (Å²) in [6.45, 7) is 4.16. The Bertz CT molecular complexity index is 1400. The molecule has 0 saturated carbocycles. The van der Waals surface area contributed by atoms with E-state index in [2.05, 4.69) is 86.8 Å². The first kappa shape index (κ1) is 77.3. The fraction of sp³-hybridized carbons (Fsp3) is 0.813. The summed E-state index contributed by atoms with van der Waals surface area (Å²) in [5.41, 5.74) is 0.